The molecule has 0 aliphatic rings. The number of esters is 1. The zero-order valence-corrected chi connectivity index (χ0v) is 13.8. The van der Waals surface area contributed by atoms with Crippen molar-refractivity contribution in [2.75, 3.05) is 7.11 Å². The summed E-state index contributed by atoms with van der Waals surface area (Å²) < 4.78 is 50.7. The second kappa shape index (κ2) is 7.07. The van der Waals surface area contributed by atoms with Gasteiger partial charge in [-0.15, -0.1) is 0 Å². The molecule has 0 saturated carbocycles. The second-order valence-corrected chi connectivity index (χ2v) is 5.52. The molecule has 8 heteroatoms. The summed E-state index contributed by atoms with van der Waals surface area (Å²) in [5, 5.41) is 0. The molecular formula is C18H15F3N2O3. The SMILES string of the molecule is COc1cccc(COC(=O)Cn2c(C(F)(F)F)nc3ccccc32)c1. The van der Waals surface area contributed by atoms with Crippen LogP contribution in [0, 0.1) is 0 Å². The molecule has 0 saturated heterocycles. The van der Waals surface area contributed by atoms with Crippen molar-refractivity contribution in [3.05, 3.63) is 59.9 Å². The fourth-order valence-corrected chi connectivity index (χ4v) is 2.55. The van der Waals surface area contributed by atoms with Gasteiger partial charge in [0.05, 0.1) is 18.1 Å². The van der Waals surface area contributed by atoms with E-state index in [1.807, 2.05) is 0 Å². The zero-order valence-electron chi connectivity index (χ0n) is 13.8. The Morgan fingerprint density at radius 2 is 1.92 bits per heavy atom. The molecule has 0 atom stereocenters. The van der Waals surface area contributed by atoms with Crippen molar-refractivity contribution in [2.24, 2.45) is 0 Å². The van der Waals surface area contributed by atoms with Crippen LogP contribution < -0.4 is 4.74 Å². The predicted molar refractivity (Wildman–Crippen MR) is 87.5 cm³/mol. The molecule has 136 valence electrons. The Morgan fingerprint density at radius 1 is 1.15 bits per heavy atom. The fraction of sp³-hybridized carbons (Fsp3) is 0.222. The van der Waals surface area contributed by atoms with Gasteiger partial charge >= 0.3 is 12.1 Å². The topological polar surface area (TPSA) is 53.4 Å². The maximum Gasteiger partial charge on any atom is 0.449 e. The molecule has 0 bridgehead atoms. The first kappa shape index (κ1) is 17.8. The number of hydrogen-bond donors (Lipinski definition) is 0. The molecule has 0 radical (unpaired) electrons. The summed E-state index contributed by atoms with van der Waals surface area (Å²) in [7, 11) is 1.51. The molecule has 0 unspecified atom stereocenters. The van der Waals surface area contributed by atoms with E-state index in [4.69, 9.17) is 9.47 Å². The standard InChI is InChI=1S/C18H15F3N2O3/c1-25-13-6-4-5-12(9-13)11-26-16(24)10-23-15-8-3-2-7-14(15)22-17(23)18(19,20)21/h2-9H,10-11H2,1H3. The highest BCUT2D eigenvalue weighted by Gasteiger charge is 2.38. The van der Waals surface area contributed by atoms with Gasteiger partial charge in [-0.05, 0) is 29.8 Å². The lowest BCUT2D eigenvalue weighted by Gasteiger charge is -2.11. The minimum atomic E-state index is -4.67. The average Bonchev–Trinajstić information content (AvgIpc) is 2.99. The maximum absolute atomic E-state index is 13.2. The molecule has 0 N–H and O–H groups in total. The van der Waals surface area contributed by atoms with Gasteiger partial charge in [0.2, 0.25) is 5.82 Å². The lowest BCUT2D eigenvalue weighted by Crippen LogP contribution is -2.20. The smallest absolute Gasteiger partial charge is 0.449 e. The van der Waals surface area contributed by atoms with E-state index in [9.17, 15) is 18.0 Å². The largest absolute Gasteiger partial charge is 0.497 e. The number of imidazole rings is 1. The molecule has 26 heavy (non-hydrogen) atoms. The van der Waals surface area contributed by atoms with Gasteiger partial charge in [0, 0.05) is 0 Å². The van der Waals surface area contributed by atoms with Crippen LogP contribution in [0.3, 0.4) is 0 Å². The predicted octanol–water partition coefficient (Wildman–Crippen LogP) is 3.81. The lowest BCUT2D eigenvalue weighted by atomic mass is 10.2. The average molecular weight is 364 g/mol. The van der Waals surface area contributed by atoms with E-state index in [-0.39, 0.29) is 17.6 Å². The van der Waals surface area contributed by atoms with Crippen LogP contribution >= 0.6 is 0 Å². The molecule has 1 aromatic heterocycles. The number of rotatable bonds is 5. The monoisotopic (exact) mass is 364 g/mol. The van der Waals surface area contributed by atoms with E-state index >= 15 is 0 Å². The van der Waals surface area contributed by atoms with Crippen molar-refractivity contribution in [1.82, 2.24) is 9.55 Å². The molecule has 0 aliphatic heterocycles. The quantitative estimate of drug-likeness (QED) is 0.646. The number of benzene rings is 2. The van der Waals surface area contributed by atoms with Gasteiger partial charge in [0.15, 0.2) is 0 Å². The highest BCUT2D eigenvalue weighted by Crippen LogP contribution is 2.31. The van der Waals surface area contributed by atoms with Gasteiger partial charge in [-0.2, -0.15) is 13.2 Å². The Balaban J connectivity index is 1.78. The normalized spacial score (nSPS) is 11.5. The van der Waals surface area contributed by atoms with Crippen LogP contribution in [0.1, 0.15) is 11.4 Å². The van der Waals surface area contributed by atoms with Crippen LogP contribution in [0.5, 0.6) is 5.75 Å². The number of aromatic nitrogens is 2. The highest BCUT2D eigenvalue weighted by atomic mass is 19.4. The minimum Gasteiger partial charge on any atom is -0.497 e. The Kier molecular flexibility index (Phi) is 4.83. The van der Waals surface area contributed by atoms with Crippen LogP contribution in [0.25, 0.3) is 11.0 Å². The Bertz CT molecular complexity index is 935. The number of ether oxygens (including phenoxy) is 2. The Labute approximate surface area is 147 Å². The van der Waals surface area contributed by atoms with Crippen molar-refractivity contribution in [1.29, 1.82) is 0 Å². The number of hydrogen-bond acceptors (Lipinski definition) is 4. The number of methoxy groups -OCH3 is 1. The number of carbonyl (C=O) groups excluding carboxylic acids is 1. The van der Waals surface area contributed by atoms with Crippen molar-refractivity contribution < 1.29 is 27.4 Å². The van der Waals surface area contributed by atoms with E-state index in [1.165, 1.54) is 19.2 Å². The van der Waals surface area contributed by atoms with Crippen LogP contribution in [-0.4, -0.2) is 22.6 Å². The van der Waals surface area contributed by atoms with E-state index in [1.54, 1.807) is 36.4 Å². The number of para-hydroxylation sites is 2. The van der Waals surface area contributed by atoms with Crippen LogP contribution in [0.2, 0.25) is 0 Å². The highest BCUT2D eigenvalue weighted by molar-refractivity contribution is 5.79. The molecule has 0 amide bonds. The number of halogens is 3. The summed E-state index contributed by atoms with van der Waals surface area (Å²) >= 11 is 0. The molecule has 2 aromatic carbocycles. The minimum absolute atomic E-state index is 0.0655. The van der Waals surface area contributed by atoms with E-state index in [0.29, 0.717) is 11.3 Å². The van der Waals surface area contributed by atoms with Gasteiger partial charge in [0.1, 0.15) is 18.9 Å². The van der Waals surface area contributed by atoms with Gasteiger partial charge in [0.25, 0.3) is 0 Å². The molecule has 5 nitrogen and oxygen atoms in total. The van der Waals surface area contributed by atoms with Crippen LogP contribution in [0.4, 0.5) is 13.2 Å². The van der Waals surface area contributed by atoms with Gasteiger partial charge < -0.3 is 14.0 Å². The van der Waals surface area contributed by atoms with Crippen molar-refractivity contribution >= 4 is 17.0 Å². The molecule has 3 aromatic rings. The molecule has 0 spiro atoms. The summed E-state index contributed by atoms with van der Waals surface area (Å²) in [6, 6.07) is 13.0. The third kappa shape index (κ3) is 3.79. The summed E-state index contributed by atoms with van der Waals surface area (Å²) in [4.78, 5) is 15.7. The summed E-state index contributed by atoms with van der Waals surface area (Å²) in [5.74, 6) is -1.32. The third-order valence-corrected chi connectivity index (χ3v) is 3.73. The molecule has 3 rings (SSSR count). The Morgan fingerprint density at radius 3 is 2.65 bits per heavy atom. The summed E-state index contributed by atoms with van der Waals surface area (Å²) in [6.07, 6.45) is -4.67. The maximum atomic E-state index is 13.2. The lowest BCUT2D eigenvalue weighted by molar-refractivity contribution is -0.151. The van der Waals surface area contributed by atoms with E-state index < -0.39 is 24.5 Å². The van der Waals surface area contributed by atoms with Crippen LogP contribution in [0.15, 0.2) is 48.5 Å². The number of carbonyl (C=O) groups is 1. The second-order valence-electron chi connectivity index (χ2n) is 5.52. The first-order valence-electron chi connectivity index (χ1n) is 7.69. The molecule has 0 aliphatic carbocycles. The summed E-state index contributed by atoms with van der Waals surface area (Å²) in [6.45, 7) is -0.649. The zero-order chi connectivity index (χ0) is 18.7. The van der Waals surface area contributed by atoms with Crippen LogP contribution in [-0.2, 0) is 28.9 Å². The first-order valence-corrected chi connectivity index (χ1v) is 7.69. The first-order chi connectivity index (χ1) is 12.4. The molecule has 1 heterocycles. The number of fused-ring (bicyclic) bond motifs is 1. The van der Waals surface area contributed by atoms with Gasteiger partial charge in [-0.3, -0.25) is 4.79 Å². The summed E-state index contributed by atoms with van der Waals surface area (Å²) in [5.41, 5.74) is 1.06. The number of nitrogens with zero attached hydrogens (tertiary/aromatic N) is 2. The van der Waals surface area contributed by atoms with Crippen molar-refractivity contribution in [3.63, 3.8) is 0 Å². The van der Waals surface area contributed by atoms with E-state index in [2.05, 4.69) is 4.98 Å². The van der Waals surface area contributed by atoms with Gasteiger partial charge in [-0.1, -0.05) is 24.3 Å². The third-order valence-electron chi connectivity index (χ3n) is 3.73. The van der Waals surface area contributed by atoms with Crippen molar-refractivity contribution in [2.45, 2.75) is 19.3 Å². The van der Waals surface area contributed by atoms with Gasteiger partial charge in [-0.25, -0.2) is 4.98 Å². The fourth-order valence-electron chi connectivity index (χ4n) is 2.55. The Hall–Kier alpha value is -3.03. The molecular weight excluding hydrogens is 349 g/mol. The number of alkyl halides is 3. The van der Waals surface area contributed by atoms with E-state index in [0.717, 1.165) is 4.57 Å². The molecule has 0 fully saturated rings. The van der Waals surface area contributed by atoms with Crippen molar-refractivity contribution in [3.8, 4) is 5.75 Å².